The standard InChI is InChI=1S/C10H11N5OS/c1-15-9(7-4-2-3-5-12-7)13-14-10(15)17-6-8(11)16/h2-5H,6H2,1H3,(H2,11,16). The molecule has 0 bridgehead atoms. The Morgan fingerprint density at radius 1 is 1.47 bits per heavy atom. The summed E-state index contributed by atoms with van der Waals surface area (Å²) < 4.78 is 1.79. The number of nitrogens with zero attached hydrogens (tertiary/aromatic N) is 4. The highest BCUT2D eigenvalue weighted by molar-refractivity contribution is 7.99. The van der Waals surface area contributed by atoms with E-state index in [0.717, 1.165) is 5.69 Å². The van der Waals surface area contributed by atoms with Gasteiger partial charge in [-0.2, -0.15) is 0 Å². The number of carbonyl (C=O) groups is 1. The number of nitrogens with two attached hydrogens (primary N) is 1. The SMILES string of the molecule is Cn1c(SCC(N)=O)nnc1-c1ccccn1. The molecule has 0 unspecified atom stereocenters. The highest BCUT2D eigenvalue weighted by Crippen LogP contribution is 2.20. The Bertz CT molecular complexity index is 525. The van der Waals surface area contributed by atoms with Crippen molar-refractivity contribution in [2.75, 3.05) is 5.75 Å². The van der Waals surface area contributed by atoms with Gasteiger partial charge in [0.2, 0.25) is 5.91 Å². The number of hydrogen-bond donors (Lipinski definition) is 1. The molecule has 0 aliphatic rings. The van der Waals surface area contributed by atoms with Gasteiger partial charge < -0.3 is 10.3 Å². The zero-order valence-electron chi connectivity index (χ0n) is 9.20. The summed E-state index contributed by atoms with van der Waals surface area (Å²) in [6, 6.07) is 5.57. The molecule has 0 radical (unpaired) electrons. The smallest absolute Gasteiger partial charge is 0.227 e. The van der Waals surface area contributed by atoms with Crippen LogP contribution in [0.5, 0.6) is 0 Å². The maximum Gasteiger partial charge on any atom is 0.227 e. The van der Waals surface area contributed by atoms with E-state index < -0.39 is 0 Å². The van der Waals surface area contributed by atoms with Gasteiger partial charge in [0.05, 0.1) is 5.75 Å². The second-order valence-corrected chi connectivity index (χ2v) is 4.28. The van der Waals surface area contributed by atoms with E-state index in [0.29, 0.717) is 11.0 Å². The van der Waals surface area contributed by atoms with Crippen molar-refractivity contribution < 1.29 is 4.79 Å². The monoisotopic (exact) mass is 249 g/mol. The first-order valence-electron chi connectivity index (χ1n) is 4.90. The van der Waals surface area contributed by atoms with Gasteiger partial charge in [-0.25, -0.2) is 0 Å². The molecule has 0 fully saturated rings. The molecule has 0 saturated carbocycles. The van der Waals surface area contributed by atoms with Gasteiger partial charge in [-0.15, -0.1) is 10.2 Å². The average molecular weight is 249 g/mol. The van der Waals surface area contributed by atoms with Crippen molar-refractivity contribution in [3.63, 3.8) is 0 Å². The first-order chi connectivity index (χ1) is 8.18. The molecule has 0 aliphatic carbocycles. The van der Waals surface area contributed by atoms with Crippen LogP contribution in [0.2, 0.25) is 0 Å². The Balaban J connectivity index is 2.24. The van der Waals surface area contributed by atoms with Gasteiger partial charge in [-0.3, -0.25) is 9.78 Å². The van der Waals surface area contributed by atoms with Gasteiger partial charge in [0, 0.05) is 13.2 Å². The normalized spacial score (nSPS) is 10.4. The van der Waals surface area contributed by atoms with Crippen LogP contribution in [0.25, 0.3) is 11.5 Å². The van der Waals surface area contributed by atoms with Crippen LogP contribution < -0.4 is 5.73 Å². The summed E-state index contributed by atoms with van der Waals surface area (Å²) >= 11 is 1.26. The highest BCUT2D eigenvalue weighted by Gasteiger charge is 2.12. The number of primary amides is 1. The summed E-state index contributed by atoms with van der Waals surface area (Å²) in [5.41, 5.74) is 5.82. The molecular formula is C10H11N5OS. The van der Waals surface area contributed by atoms with E-state index in [9.17, 15) is 4.79 Å². The van der Waals surface area contributed by atoms with Crippen molar-refractivity contribution in [2.24, 2.45) is 12.8 Å². The topological polar surface area (TPSA) is 86.7 Å². The first-order valence-corrected chi connectivity index (χ1v) is 5.89. The van der Waals surface area contributed by atoms with E-state index in [1.165, 1.54) is 11.8 Å². The lowest BCUT2D eigenvalue weighted by Crippen LogP contribution is -2.13. The van der Waals surface area contributed by atoms with Crippen LogP contribution >= 0.6 is 11.8 Å². The minimum absolute atomic E-state index is 0.189. The minimum Gasteiger partial charge on any atom is -0.369 e. The molecule has 0 aliphatic heterocycles. The molecule has 88 valence electrons. The van der Waals surface area contributed by atoms with Gasteiger partial charge in [-0.05, 0) is 12.1 Å². The molecule has 2 aromatic rings. The largest absolute Gasteiger partial charge is 0.369 e. The molecule has 2 N–H and O–H groups in total. The molecule has 6 nitrogen and oxygen atoms in total. The van der Waals surface area contributed by atoms with Crippen molar-refractivity contribution in [1.29, 1.82) is 0 Å². The summed E-state index contributed by atoms with van der Waals surface area (Å²) in [5.74, 6) is 0.476. The number of thioether (sulfide) groups is 1. The van der Waals surface area contributed by atoms with Crippen LogP contribution in [0.15, 0.2) is 29.6 Å². The van der Waals surface area contributed by atoms with Crippen LogP contribution in [0, 0.1) is 0 Å². The number of hydrogen-bond acceptors (Lipinski definition) is 5. The molecule has 7 heteroatoms. The summed E-state index contributed by atoms with van der Waals surface area (Å²) in [6.45, 7) is 0. The predicted molar refractivity (Wildman–Crippen MR) is 64.2 cm³/mol. The van der Waals surface area contributed by atoms with Crippen molar-refractivity contribution in [3.8, 4) is 11.5 Å². The Hall–Kier alpha value is -1.89. The molecule has 0 saturated heterocycles. The fourth-order valence-electron chi connectivity index (χ4n) is 1.29. The van der Waals surface area contributed by atoms with Crippen LogP contribution in [0.4, 0.5) is 0 Å². The lowest BCUT2D eigenvalue weighted by Gasteiger charge is -2.01. The molecule has 2 rings (SSSR count). The summed E-state index contributed by atoms with van der Waals surface area (Å²) in [4.78, 5) is 14.9. The quantitative estimate of drug-likeness (QED) is 0.795. The Morgan fingerprint density at radius 3 is 2.94 bits per heavy atom. The van der Waals surface area contributed by atoms with Gasteiger partial charge in [0.15, 0.2) is 11.0 Å². The van der Waals surface area contributed by atoms with Crippen LogP contribution in [0.3, 0.4) is 0 Å². The van der Waals surface area contributed by atoms with E-state index in [2.05, 4.69) is 15.2 Å². The van der Waals surface area contributed by atoms with Crippen molar-refractivity contribution in [2.45, 2.75) is 5.16 Å². The fraction of sp³-hybridized carbons (Fsp3) is 0.200. The number of pyridine rings is 1. The molecule has 2 aromatic heterocycles. The van der Waals surface area contributed by atoms with E-state index in [1.807, 2.05) is 25.2 Å². The van der Waals surface area contributed by atoms with Crippen LogP contribution in [-0.4, -0.2) is 31.4 Å². The summed E-state index contributed by atoms with van der Waals surface area (Å²) in [6.07, 6.45) is 1.69. The van der Waals surface area contributed by atoms with Crippen LogP contribution in [0.1, 0.15) is 0 Å². The van der Waals surface area contributed by atoms with Gasteiger partial charge in [0.25, 0.3) is 0 Å². The maximum atomic E-state index is 10.7. The molecule has 0 atom stereocenters. The molecule has 2 heterocycles. The maximum absolute atomic E-state index is 10.7. The summed E-state index contributed by atoms with van der Waals surface area (Å²) in [5, 5.41) is 8.68. The molecule has 0 aromatic carbocycles. The molecular weight excluding hydrogens is 238 g/mol. The summed E-state index contributed by atoms with van der Waals surface area (Å²) in [7, 11) is 1.83. The number of aromatic nitrogens is 4. The highest BCUT2D eigenvalue weighted by atomic mass is 32.2. The van der Waals surface area contributed by atoms with Crippen LogP contribution in [-0.2, 0) is 11.8 Å². The Kier molecular flexibility index (Phi) is 3.38. The second-order valence-electron chi connectivity index (χ2n) is 3.34. The van der Waals surface area contributed by atoms with E-state index in [4.69, 9.17) is 5.73 Å². The van der Waals surface area contributed by atoms with E-state index >= 15 is 0 Å². The van der Waals surface area contributed by atoms with Gasteiger partial charge >= 0.3 is 0 Å². The fourth-order valence-corrected chi connectivity index (χ4v) is 1.94. The van der Waals surface area contributed by atoms with E-state index in [1.54, 1.807) is 10.8 Å². The lowest BCUT2D eigenvalue weighted by molar-refractivity contribution is -0.115. The first kappa shape index (κ1) is 11.6. The third-order valence-corrected chi connectivity index (χ3v) is 3.11. The zero-order valence-corrected chi connectivity index (χ0v) is 10.0. The number of carbonyl (C=O) groups excluding carboxylic acids is 1. The van der Waals surface area contributed by atoms with E-state index in [-0.39, 0.29) is 11.7 Å². The zero-order chi connectivity index (χ0) is 12.3. The van der Waals surface area contributed by atoms with Gasteiger partial charge in [-0.1, -0.05) is 17.8 Å². The van der Waals surface area contributed by atoms with Crippen molar-refractivity contribution >= 4 is 17.7 Å². The second kappa shape index (κ2) is 4.96. The molecule has 0 spiro atoms. The molecule has 17 heavy (non-hydrogen) atoms. The Morgan fingerprint density at radius 2 is 2.29 bits per heavy atom. The number of rotatable bonds is 4. The number of amides is 1. The minimum atomic E-state index is -0.377. The lowest BCUT2D eigenvalue weighted by atomic mass is 10.3. The van der Waals surface area contributed by atoms with Gasteiger partial charge in [0.1, 0.15) is 5.69 Å². The third kappa shape index (κ3) is 2.62. The predicted octanol–water partition coefficient (Wildman–Crippen LogP) is 0.454. The average Bonchev–Trinajstić information content (AvgIpc) is 2.69. The van der Waals surface area contributed by atoms with Crippen molar-refractivity contribution in [1.82, 2.24) is 19.7 Å². The molecule has 1 amide bonds. The van der Waals surface area contributed by atoms with Crippen molar-refractivity contribution in [3.05, 3.63) is 24.4 Å². The Labute approximate surface area is 102 Å². The third-order valence-electron chi connectivity index (χ3n) is 2.07.